The van der Waals surface area contributed by atoms with Gasteiger partial charge in [0.05, 0.1) is 18.1 Å². The highest BCUT2D eigenvalue weighted by Gasteiger charge is 2.26. The van der Waals surface area contributed by atoms with Crippen molar-refractivity contribution in [2.75, 3.05) is 26.2 Å². The van der Waals surface area contributed by atoms with Crippen molar-refractivity contribution in [3.63, 3.8) is 0 Å². The lowest BCUT2D eigenvalue weighted by Gasteiger charge is -2.18. The molecule has 8 heteroatoms. The summed E-state index contributed by atoms with van der Waals surface area (Å²) >= 11 is 0. The molecule has 0 amide bonds. The zero-order chi connectivity index (χ0) is 14.7. The Bertz CT molecular complexity index is 695. The average molecular weight is 343 g/mol. The van der Waals surface area contributed by atoms with Crippen LogP contribution in [0.25, 0.3) is 5.69 Å². The molecule has 0 saturated carbocycles. The van der Waals surface area contributed by atoms with Gasteiger partial charge >= 0.3 is 0 Å². The quantitative estimate of drug-likeness (QED) is 0.912. The van der Waals surface area contributed by atoms with Gasteiger partial charge in [-0.25, -0.2) is 13.1 Å². The van der Waals surface area contributed by atoms with E-state index in [1.165, 1.54) is 10.5 Å². The minimum absolute atomic E-state index is 0. The summed E-state index contributed by atoms with van der Waals surface area (Å²) in [6.45, 7) is 2.59. The molecule has 1 N–H and O–H groups in total. The molecule has 0 bridgehead atoms. The molecule has 6 nitrogen and oxygen atoms in total. The standard InChI is InChI=1S/C14H18N4O2S.ClH/c19-21(20,17-9-4-7-15-8-10-17)14-11-16-18(12-14)13-5-2-1-3-6-13;/h1-3,5-6,11-12,15H,4,7-10H2;1H. The second-order valence-electron chi connectivity index (χ2n) is 4.96. The molecule has 1 saturated heterocycles. The van der Waals surface area contributed by atoms with E-state index in [-0.39, 0.29) is 17.3 Å². The van der Waals surface area contributed by atoms with Crippen LogP contribution in [0.4, 0.5) is 0 Å². The molecule has 1 aromatic carbocycles. The highest BCUT2D eigenvalue weighted by Crippen LogP contribution is 2.17. The molecule has 120 valence electrons. The molecular formula is C14H19ClN4O2S. The second kappa shape index (κ2) is 7.23. The lowest BCUT2D eigenvalue weighted by molar-refractivity contribution is 0.432. The van der Waals surface area contributed by atoms with Gasteiger partial charge in [0.25, 0.3) is 0 Å². The van der Waals surface area contributed by atoms with Crippen LogP contribution < -0.4 is 5.32 Å². The summed E-state index contributed by atoms with van der Waals surface area (Å²) in [5, 5.41) is 7.37. The Balaban J connectivity index is 0.00000176. The number of hydrogen-bond acceptors (Lipinski definition) is 4. The zero-order valence-corrected chi connectivity index (χ0v) is 13.7. The molecule has 0 radical (unpaired) electrons. The van der Waals surface area contributed by atoms with Crippen LogP contribution in [-0.4, -0.2) is 48.7 Å². The largest absolute Gasteiger partial charge is 0.315 e. The van der Waals surface area contributed by atoms with Crippen molar-refractivity contribution >= 4 is 22.4 Å². The third kappa shape index (κ3) is 3.49. The van der Waals surface area contributed by atoms with E-state index >= 15 is 0 Å². The Morgan fingerprint density at radius 3 is 2.64 bits per heavy atom. The van der Waals surface area contributed by atoms with Gasteiger partial charge in [-0.1, -0.05) is 18.2 Å². The van der Waals surface area contributed by atoms with E-state index in [0.29, 0.717) is 19.6 Å². The number of hydrogen-bond donors (Lipinski definition) is 1. The number of aromatic nitrogens is 2. The molecule has 0 atom stereocenters. The van der Waals surface area contributed by atoms with Crippen LogP contribution in [0.3, 0.4) is 0 Å². The van der Waals surface area contributed by atoms with E-state index in [9.17, 15) is 8.42 Å². The van der Waals surface area contributed by atoms with Crippen LogP contribution in [-0.2, 0) is 10.0 Å². The molecule has 1 aromatic heterocycles. The number of halogens is 1. The second-order valence-corrected chi connectivity index (χ2v) is 6.90. The number of para-hydroxylation sites is 1. The minimum atomic E-state index is -3.46. The van der Waals surface area contributed by atoms with Crippen molar-refractivity contribution in [1.29, 1.82) is 0 Å². The van der Waals surface area contributed by atoms with Gasteiger partial charge in [-0.15, -0.1) is 12.4 Å². The number of nitrogens with one attached hydrogen (secondary N) is 1. The first-order valence-corrected chi connectivity index (χ1v) is 8.43. The fraction of sp³-hybridized carbons (Fsp3) is 0.357. The van der Waals surface area contributed by atoms with Gasteiger partial charge in [-0.3, -0.25) is 0 Å². The first kappa shape index (κ1) is 17.0. The molecule has 0 aliphatic carbocycles. The van der Waals surface area contributed by atoms with Crippen molar-refractivity contribution in [3.05, 3.63) is 42.7 Å². The Kier molecular flexibility index (Phi) is 5.57. The number of rotatable bonds is 3. The summed E-state index contributed by atoms with van der Waals surface area (Å²) in [4.78, 5) is 0.244. The van der Waals surface area contributed by atoms with Crippen LogP contribution in [0.5, 0.6) is 0 Å². The Morgan fingerprint density at radius 2 is 1.86 bits per heavy atom. The maximum atomic E-state index is 12.6. The minimum Gasteiger partial charge on any atom is -0.315 e. The van der Waals surface area contributed by atoms with E-state index in [1.54, 1.807) is 10.9 Å². The first-order valence-electron chi connectivity index (χ1n) is 6.99. The SMILES string of the molecule is Cl.O=S(=O)(c1cnn(-c2ccccc2)c1)N1CCCNCC1. The fourth-order valence-corrected chi connectivity index (χ4v) is 3.78. The summed E-state index contributed by atoms with van der Waals surface area (Å²) in [5.74, 6) is 0. The number of sulfonamides is 1. The Labute approximate surface area is 136 Å². The predicted molar refractivity (Wildman–Crippen MR) is 87.1 cm³/mol. The normalized spacial score (nSPS) is 16.7. The lowest BCUT2D eigenvalue weighted by Crippen LogP contribution is -2.34. The fourth-order valence-electron chi connectivity index (χ4n) is 2.37. The average Bonchev–Trinajstić information content (AvgIpc) is 2.84. The molecule has 2 aromatic rings. The number of benzene rings is 1. The van der Waals surface area contributed by atoms with E-state index in [2.05, 4.69) is 10.4 Å². The van der Waals surface area contributed by atoms with Gasteiger partial charge in [-0.05, 0) is 25.1 Å². The summed E-state index contributed by atoms with van der Waals surface area (Å²) in [5.41, 5.74) is 0.844. The van der Waals surface area contributed by atoms with Gasteiger partial charge in [0.15, 0.2) is 0 Å². The molecule has 22 heavy (non-hydrogen) atoms. The predicted octanol–water partition coefficient (Wildman–Crippen LogP) is 1.28. The van der Waals surface area contributed by atoms with Crippen molar-refractivity contribution in [1.82, 2.24) is 19.4 Å². The summed E-state index contributed by atoms with van der Waals surface area (Å²) in [6.07, 6.45) is 3.82. The van der Waals surface area contributed by atoms with E-state index in [0.717, 1.165) is 18.7 Å². The molecule has 2 heterocycles. The maximum Gasteiger partial charge on any atom is 0.246 e. The summed E-state index contributed by atoms with van der Waals surface area (Å²) < 4.78 is 28.4. The van der Waals surface area contributed by atoms with Gasteiger partial charge in [0.1, 0.15) is 4.90 Å². The van der Waals surface area contributed by atoms with E-state index in [1.807, 2.05) is 30.3 Å². The summed E-state index contributed by atoms with van der Waals surface area (Å²) in [7, 11) is -3.46. The van der Waals surface area contributed by atoms with Crippen LogP contribution in [0.2, 0.25) is 0 Å². The highest BCUT2D eigenvalue weighted by atomic mass is 35.5. The molecule has 0 unspecified atom stereocenters. The van der Waals surface area contributed by atoms with Crippen molar-refractivity contribution in [2.45, 2.75) is 11.3 Å². The molecule has 3 rings (SSSR count). The lowest BCUT2D eigenvalue weighted by atomic mass is 10.3. The smallest absolute Gasteiger partial charge is 0.246 e. The van der Waals surface area contributed by atoms with Crippen molar-refractivity contribution in [2.24, 2.45) is 0 Å². The first-order chi connectivity index (χ1) is 10.2. The molecular weight excluding hydrogens is 324 g/mol. The monoisotopic (exact) mass is 342 g/mol. The van der Waals surface area contributed by atoms with Crippen molar-refractivity contribution in [3.8, 4) is 5.69 Å². The van der Waals surface area contributed by atoms with Crippen LogP contribution >= 0.6 is 12.4 Å². The van der Waals surface area contributed by atoms with Crippen molar-refractivity contribution < 1.29 is 8.42 Å². The zero-order valence-electron chi connectivity index (χ0n) is 12.1. The molecule has 1 aliphatic rings. The number of nitrogens with zero attached hydrogens (tertiary/aromatic N) is 3. The van der Waals surface area contributed by atoms with E-state index in [4.69, 9.17) is 0 Å². The third-order valence-electron chi connectivity index (χ3n) is 3.52. The Morgan fingerprint density at radius 1 is 1.09 bits per heavy atom. The van der Waals surface area contributed by atoms with Gasteiger partial charge < -0.3 is 5.32 Å². The maximum absolute atomic E-state index is 12.6. The summed E-state index contributed by atoms with van der Waals surface area (Å²) in [6, 6.07) is 9.48. The highest BCUT2D eigenvalue weighted by molar-refractivity contribution is 7.89. The van der Waals surface area contributed by atoms with Crippen LogP contribution in [0.1, 0.15) is 6.42 Å². The van der Waals surface area contributed by atoms with E-state index < -0.39 is 10.0 Å². The van der Waals surface area contributed by atoms with Gasteiger partial charge in [-0.2, -0.15) is 9.40 Å². The topological polar surface area (TPSA) is 67.2 Å². The third-order valence-corrected chi connectivity index (χ3v) is 5.37. The van der Waals surface area contributed by atoms with Gasteiger partial charge in [0, 0.05) is 19.6 Å². The molecule has 0 spiro atoms. The molecule has 1 aliphatic heterocycles. The van der Waals surface area contributed by atoms with Crippen LogP contribution in [0, 0.1) is 0 Å². The van der Waals surface area contributed by atoms with Crippen LogP contribution in [0.15, 0.2) is 47.6 Å². The Hall–Kier alpha value is -1.41. The molecule has 1 fully saturated rings. The van der Waals surface area contributed by atoms with Gasteiger partial charge in [0.2, 0.25) is 10.0 Å².